The third-order valence-electron chi connectivity index (χ3n) is 3.96. The lowest BCUT2D eigenvalue weighted by Gasteiger charge is -2.21. The number of carbonyl (C=O) groups excluding carboxylic acids is 1. The van der Waals surface area contributed by atoms with Gasteiger partial charge < -0.3 is 20.1 Å². The molecule has 29 heavy (non-hydrogen) atoms. The van der Waals surface area contributed by atoms with Crippen molar-refractivity contribution in [2.45, 2.75) is 39.3 Å². The number of methoxy groups -OCH3 is 1. The molecule has 0 atom stereocenters. The Kier molecular flexibility index (Phi) is 10.5. The summed E-state index contributed by atoms with van der Waals surface area (Å²) in [6.07, 6.45) is 0.919. The molecule has 5 nitrogen and oxygen atoms in total. The first kappa shape index (κ1) is 25.3. The number of nitrogens with one attached hydrogen (secondary N) is 2. The van der Waals surface area contributed by atoms with Gasteiger partial charge in [-0.05, 0) is 69.6 Å². The molecule has 0 saturated carbocycles. The van der Waals surface area contributed by atoms with E-state index in [-0.39, 0.29) is 30.5 Å². The molecule has 0 aromatic heterocycles. The largest absolute Gasteiger partial charge is 0.497 e. The molecule has 0 bridgehead atoms. The minimum absolute atomic E-state index is 0. The molecule has 0 fully saturated rings. The van der Waals surface area contributed by atoms with E-state index in [2.05, 4.69) is 38.7 Å². The van der Waals surface area contributed by atoms with Crippen LogP contribution in [0.1, 0.15) is 31.9 Å². The molecule has 1 amide bonds. The minimum Gasteiger partial charge on any atom is -0.497 e. The lowest BCUT2D eigenvalue weighted by Crippen LogP contribution is -2.43. The quantitative estimate of drug-likeness (QED) is 0.513. The molecule has 0 saturated heterocycles. The second-order valence-electron chi connectivity index (χ2n) is 7.61. The molecule has 2 N–H and O–H groups in total. The van der Waals surface area contributed by atoms with Crippen molar-refractivity contribution in [3.8, 4) is 11.5 Å². The molecule has 0 aliphatic heterocycles. The topological polar surface area (TPSA) is 59.6 Å². The number of ether oxygens (including phenoxy) is 2. The average Bonchev–Trinajstić information content (AvgIpc) is 2.63. The van der Waals surface area contributed by atoms with E-state index in [1.807, 2.05) is 51.1 Å². The van der Waals surface area contributed by atoms with E-state index in [4.69, 9.17) is 9.47 Å². The summed E-state index contributed by atoms with van der Waals surface area (Å²) < 4.78 is 11.9. The van der Waals surface area contributed by atoms with Gasteiger partial charge in [0.2, 0.25) is 0 Å². The Hall–Kier alpha value is -1.76. The molecule has 160 valence electrons. The monoisotopic (exact) mass is 484 g/mol. The number of halogens is 2. The van der Waals surface area contributed by atoms with Crippen LogP contribution in [0.15, 0.2) is 46.9 Å². The molecule has 2 rings (SSSR count). The van der Waals surface area contributed by atoms with Crippen molar-refractivity contribution in [1.29, 1.82) is 0 Å². The van der Waals surface area contributed by atoms with Gasteiger partial charge in [-0.1, -0.05) is 28.1 Å². The Morgan fingerprint density at radius 2 is 1.79 bits per heavy atom. The van der Waals surface area contributed by atoms with Crippen LogP contribution < -0.4 is 20.1 Å². The Morgan fingerprint density at radius 1 is 1.10 bits per heavy atom. The van der Waals surface area contributed by atoms with Gasteiger partial charge in [0.1, 0.15) is 11.5 Å². The second-order valence-corrected chi connectivity index (χ2v) is 8.53. The zero-order chi connectivity index (χ0) is 20.6. The molecule has 0 radical (unpaired) electrons. The maximum atomic E-state index is 12.0. The third-order valence-corrected chi connectivity index (χ3v) is 4.45. The fourth-order valence-electron chi connectivity index (χ4n) is 2.67. The number of hydrogen-bond acceptors (Lipinski definition) is 4. The molecular weight excluding hydrogens is 456 g/mol. The highest BCUT2D eigenvalue weighted by atomic mass is 79.9. The normalized spacial score (nSPS) is 10.8. The summed E-state index contributed by atoms with van der Waals surface area (Å²) in [5, 5.41) is 6.34. The van der Waals surface area contributed by atoms with Gasteiger partial charge in [-0.15, -0.1) is 12.4 Å². The van der Waals surface area contributed by atoms with E-state index in [0.717, 1.165) is 28.8 Å². The average molecular weight is 486 g/mol. The van der Waals surface area contributed by atoms with Gasteiger partial charge in [0.05, 0.1) is 7.11 Å². The van der Waals surface area contributed by atoms with Gasteiger partial charge in [-0.2, -0.15) is 0 Å². The Bertz CT molecular complexity index is 777. The molecule has 0 heterocycles. The summed E-state index contributed by atoms with van der Waals surface area (Å²) >= 11 is 3.50. The van der Waals surface area contributed by atoms with Crippen LogP contribution in [0.25, 0.3) is 0 Å². The predicted molar refractivity (Wildman–Crippen MR) is 123 cm³/mol. The summed E-state index contributed by atoms with van der Waals surface area (Å²) in [6, 6.07) is 13.9. The highest BCUT2D eigenvalue weighted by Crippen LogP contribution is 2.23. The summed E-state index contributed by atoms with van der Waals surface area (Å²) in [4.78, 5) is 12.0. The van der Waals surface area contributed by atoms with E-state index in [0.29, 0.717) is 12.3 Å². The number of benzene rings is 2. The molecule has 0 aliphatic rings. The van der Waals surface area contributed by atoms with Crippen LogP contribution in [0.3, 0.4) is 0 Å². The summed E-state index contributed by atoms with van der Waals surface area (Å²) in [5.74, 6) is 1.45. The minimum atomic E-state index is -0.272. The zero-order valence-corrected chi connectivity index (χ0v) is 19.8. The Balaban J connectivity index is 0.00000420. The predicted octanol–water partition coefficient (Wildman–Crippen LogP) is 4.51. The summed E-state index contributed by atoms with van der Waals surface area (Å²) in [7, 11) is 1.67. The van der Waals surface area contributed by atoms with Gasteiger partial charge >= 0.3 is 0 Å². The molecule has 2 aromatic carbocycles. The third kappa shape index (κ3) is 9.52. The lowest BCUT2D eigenvalue weighted by atomic mass is 10.1. The van der Waals surface area contributed by atoms with E-state index in [9.17, 15) is 4.79 Å². The molecule has 2 aromatic rings. The van der Waals surface area contributed by atoms with Crippen LogP contribution >= 0.6 is 28.3 Å². The van der Waals surface area contributed by atoms with E-state index in [1.165, 1.54) is 5.56 Å². The highest BCUT2D eigenvalue weighted by molar-refractivity contribution is 9.10. The van der Waals surface area contributed by atoms with Crippen LogP contribution in [0, 0.1) is 0 Å². The highest BCUT2D eigenvalue weighted by Gasteiger charge is 2.14. The Morgan fingerprint density at radius 3 is 2.41 bits per heavy atom. The van der Waals surface area contributed by atoms with Crippen LogP contribution in [0.2, 0.25) is 0 Å². The first-order chi connectivity index (χ1) is 13.3. The van der Waals surface area contributed by atoms with Crippen molar-refractivity contribution in [3.63, 3.8) is 0 Å². The van der Waals surface area contributed by atoms with Crippen molar-refractivity contribution in [2.24, 2.45) is 0 Å². The van der Waals surface area contributed by atoms with Gasteiger partial charge in [-0.3, -0.25) is 4.79 Å². The molecule has 7 heteroatoms. The number of carbonyl (C=O) groups is 1. The maximum absolute atomic E-state index is 12.0. The second kappa shape index (κ2) is 12.1. The van der Waals surface area contributed by atoms with Gasteiger partial charge in [0, 0.05) is 22.1 Å². The van der Waals surface area contributed by atoms with E-state index in [1.54, 1.807) is 7.11 Å². The van der Waals surface area contributed by atoms with Crippen molar-refractivity contribution in [2.75, 3.05) is 20.3 Å². The van der Waals surface area contributed by atoms with Crippen molar-refractivity contribution < 1.29 is 14.3 Å². The molecule has 0 aliphatic carbocycles. The van der Waals surface area contributed by atoms with Crippen molar-refractivity contribution in [3.05, 3.63) is 58.1 Å². The van der Waals surface area contributed by atoms with Crippen LogP contribution in [0.5, 0.6) is 11.5 Å². The fraction of sp³-hybridized carbons (Fsp3) is 0.409. The van der Waals surface area contributed by atoms with Gasteiger partial charge in [0.25, 0.3) is 5.91 Å². The molecular formula is C22H30BrClN2O3. The van der Waals surface area contributed by atoms with Crippen LogP contribution in [0.4, 0.5) is 0 Å². The number of rotatable bonds is 9. The van der Waals surface area contributed by atoms with Crippen LogP contribution in [-0.4, -0.2) is 31.7 Å². The van der Waals surface area contributed by atoms with Crippen LogP contribution in [-0.2, 0) is 17.8 Å². The fourth-order valence-corrected chi connectivity index (χ4v) is 3.08. The molecule has 0 unspecified atom stereocenters. The first-order valence-corrected chi connectivity index (χ1v) is 10.1. The standard InChI is InChI=1S/C22H29BrN2O3.ClH/c1-22(2,3)25-21(26)15-28-20-10-7-18(23)13-17(20)14-24-12-11-16-5-8-19(27-4)9-6-16;/h5-10,13,24H,11-12,14-15H2,1-4H3,(H,25,26);1H. The first-order valence-electron chi connectivity index (χ1n) is 9.33. The zero-order valence-electron chi connectivity index (χ0n) is 17.4. The van der Waals surface area contributed by atoms with Gasteiger partial charge in [-0.25, -0.2) is 0 Å². The SMILES string of the molecule is COc1ccc(CCNCc2cc(Br)ccc2OCC(=O)NC(C)(C)C)cc1.Cl. The van der Waals surface area contributed by atoms with E-state index >= 15 is 0 Å². The number of amides is 1. The maximum Gasteiger partial charge on any atom is 0.258 e. The molecule has 0 spiro atoms. The lowest BCUT2D eigenvalue weighted by molar-refractivity contribution is -0.124. The summed E-state index contributed by atoms with van der Waals surface area (Å²) in [5.41, 5.74) is 1.98. The summed E-state index contributed by atoms with van der Waals surface area (Å²) in [6.45, 7) is 7.33. The smallest absolute Gasteiger partial charge is 0.258 e. The van der Waals surface area contributed by atoms with Crippen molar-refractivity contribution >= 4 is 34.2 Å². The Labute approximate surface area is 188 Å². The number of hydrogen-bond donors (Lipinski definition) is 2. The van der Waals surface area contributed by atoms with Gasteiger partial charge in [0.15, 0.2) is 6.61 Å². The van der Waals surface area contributed by atoms with Crippen molar-refractivity contribution in [1.82, 2.24) is 10.6 Å². The van der Waals surface area contributed by atoms with E-state index < -0.39 is 0 Å².